The molecule has 0 saturated carbocycles. The van der Waals surface area contributed by atoms with Gasteiger partial charge in [-0.25, -0.2) is 4.98 Å². The largest absolute Gasteiger partial charge is 0.477 e. The van der Waals surface area contributed by atoms with E-state index in [1.165, 1.54) is 6.20 Å². The van der Waals surface area contributed by atoms with E-state index < -0.39 is 0 Å². The average molecular weight is 239 g/mol. The van der Waals surface area contributed by atoms with Gasteiger partial charge in [0.1, 0.15) is 11.1 Å². The molecule has 1 rings (SSSR count). The molecular weight excluding hydrogens is 224 g/mol. The molecule has 0 aliphatic carbocycles. The minimum Gasteiger partial charge on any atom is -0.477 e. The molecule has 4 heteroatoms. The number of hydrogen-bond acceptors (Lipinski definition) is 3. The van der Waals surface area contributed by atoms with Gasteiger partial charge in [0.15, 0.2) is 0 Å². The van der Waals surface area contributed by atoms with Gasteiger partial charge in [0.05, 0.1) is 12.2 Å². The second-order valence-electron chi connectivity index (χ2n) is 4.75. The Balaban J connectivity index is 2.65. The van der Waals surface area contributed by atoms with Crippen LogP contribution < -0.4 is 4.74 Å². The summed E-state index contributed by atoms with van der Waals surface area (Å²) in [6.07, 6.45) is 2.43. The molecule has 16 heavy (non-hydrogen) atoms. The van der Waals surface area contributed by atoms with Crippen LogP contribution in [0.15, 0.2) is 12.3 Å². The van der Waals surface area contributed by atoms with Gasteiger partial charge in [-0.15, -0.1) is 0 Å². The summed E-state index contributed by atoms with van der Waals surface area (Å²) in [6, 6.07) is 3.56. The van der Waals surface area contributed by atoms with E-state index in [9.17, 15) is 0 Å². The molecular formula is C12H15ClN2O. The van der Waals surface area contributed by atoms with Gasteiger partial charge in [0.25, 0.3) is 0 Å². The van der Waals surface area contributed by atoms with Gasteiger partial charge in [0.2, 0.25) is 5.88 Å². The summed E-state index contributed by atoms with van der Waals surface area (Å²) >= 11 is 5.95. The van der Waals surface area contributed by atoms with Crippen molar-refractivity contribution in [1.82, 2.24) is 4.98 Å². The molecule has 0 aliphatic rings. The number of pyridine rings is 1. The molecule has 0 amide bonds. The summed E-state index contributed by atoms with van der Waals surface area (Å²) in [5.41, 5.74) is 0.599. The minimum atomic E-state index is 0.208. The van der Waals surface area contributed by atoms with Crippen LogP contribution in [0.5, 0.6) is 5.88 Å². The Hall–Kier alpha value is -1.27. The third kappa shape index (κ3) is 3.71. The number of aromatic nitrogens is 1. The molecule has 3 nitrogen and oxygen atoms in total. The van der Waals surface area contributed by atoms with E-state index in [0.29, 0.717) is 23.1 Å². The van der Waals surface area contributed by atoms with Crippen molar-refractivity contribution in [3.63, 3.8) is 0 Å². The van der Waals surface area contributed by atoms with Crippen molar-refractivity contribution in [2.75, 3.05) is 6.61 Å². The highest BCUT2D eigenvalue weighted by Crippen LogP contribution is 2.26. The smallest absolute Gasteiger partial charge is 0.233 e. The fraction of sp³-hybridized carbons (Fsp3) is 0.500. The molecule has 0 fully saturated rings. The lowest BCUT2D eigenvalue weighted by atomic mass is 9.93. The lowest BCUT2D eigenvalue weighted by molar-refractivity contribution is 0.236. The van der Waals surface area contributed by atoms with Crippen molar-refractivity contribution >= 4 is 11.6 Å². The highest BCUT2D eigenvalue weighted by atomic mass is 35.5. The standard InChI is InChI=1S/C12H15ClN2O/c1-12(2,3)5-7-16-11-10(13)9(8-14)4-6-15-11/h4,6H,5,7H2,1-3H3. The maximum Gasteiger partial charge on any atom is 0.233 e. The van der Waals surface area contributed by atoms with E-state index in [4.69, 9.17) is 21.6 Å². The number of hydrogen-bond donors (Lipinski definition) is 0. The maximum atomic E-state index is 8.78. The third-order valence-electron chi connectivity index (χ3n) is 2.07. The van der Waals surface area contributed by atoms with Crippen LogP contribution in [0.4, 0.5) is 0 Å². The summed E-state index contributed by atoms with van der Waals surface area (Å²) in [5.74, 6) is 0.338. The van der Waals surface area contributed by atoms with Gasteiger partial charge < -0.3 is 4.74 Å². The van der Waals surface area contributed by atoms with Crippen LogP contribution in [0.2, 0.25) is 5.02 Å². The van der Waals surface area contributed by atoms with Crippen LogP contribution in [0, 0.1) is 16.7 Å². The Labute approximate surface area is 101 Å². The van der Waals surface area contributed by atoms with Gasteiger partial charge in [-0.1, -0.05) is 32.4 Å². The normalized spacial score (nSPS) is 10.9. The first kappa shape index (κ1) is 12.8. The first-order valence-electron chi connectivity index (χ1n) is 5.11. The summed E-state index contributed by atoms with van der Waals surface area (Å²) in [7, 11) is 0. The molecule has 1 heterocycles. The predicted molar refractivity (Wildman–Crippen MR) is 63.5 cm³/mol. The van der Waals surface area contributed by atoms with Crippen LogP contribution in [-0.2, 0) is 0 Å². The molecule has 0 saturated heterocycles. The van der Waals surface area contributed by atoms with E-state index in [1.807, 2.05) is 6.07 Å². The van der Waals surface area contributed by atoms with Crippen LogP contribution in [-0.4, -0.2) is 11.6 Å². The number of rotatable bonds is 3. The molecule has 0 radical (unpaired) electrons. The minimum absolute atomic E-state index is 0.208. The lowest BCUT2D eigenvalue weighted by Gasteiger charge is -2.18. The number of ether oxygens (including phenoxy) is 1. The van der Waals surface area contributed by atoms with E-state index >= 15 is 0 Å². The summed E-state index contributed by atoms with van der Waals surface area (Å²) in [5, 5.41) is 9.07. The fourth-order valence-corrected chi connectivity index (χ4v) is 1.27. The Morgan fingerprint density at radius 2 is 2.19 bits per heavy atom. The van der Waals surface area contributed by atoms with E-state index in [0.717, 1.165) is 6.42 Å². The molecule has 0 N–H and O–H groups in total. The molecule has 1 aromatic heterocycles. The van der Waals surface area contributed by atoms with Gasteiger partial charge in [-0.05, 0) is 17.9 Å². The van der Waals surface area contributed by atoms with E-state index in [2.05, 4.69) is 25.8 Å². The lowest BCUT2D eigenvalue weighted by Crippen LogP contribution is -2.11. The van der Waals surface area contributed by atoms with Gasteiger partial charge in [-0.2, -0.15) is 5.26 Å². The Kier molecular flexibility index (Phi) is 4.14. The molecule has 86 valence electrons. The maximum absolute atomic E-state index is 8.78. The van der Waals surface area contributed by atoms with Crippen LogP contribution in [0.1, 0.15) is 32.8 Å². The Bertz CT molecular complexity index is 404. The molecule has 1 aromatic rings. The summed E-state index contributed by atoms with van der Waals surface area (Å²) in [4.78, 5) is 4.00. The molecule has 0 atom stereocenters. The monoisotopic (exact) mass is 238 g/mol. The highest BCUT2D eigenvalue weighted by molar-refractivity contribution is 6.32. The SMILES string of the molecule is CC(C)(C)CCOc1nccc(C#N)c1Cl. The van der Waals surface area contributed by atoms with Crippen LogP contribution in [0.3, 0.4) is 0 Å². The van der Waals surface area contributed by atoms with Crippen molar-refractivity contribution in [2.24, 2.45) is 5.41 Å². The Morgan fingerprint density at radius 1 is 1.50 bits per heavy atom. The number of nitrogens with zero attached hydrogens (tertiary/aromatic N) is 2. The average Bonchev–Trinajstić information content (AvgIpc) is 2.19. The number of nitriles is 1. The topological polar surface area (TPSA) is 45.9 Å². The highest BCUT2D eigenvalue weighted by Gasteiger charge is 2.12. The first-order valence-corrected chi connectivity index (χ1v) is 5.49. The van der Waals surface area contributed by atoms with Crippen molar-refractivity contribution in [2.45, 2.75) is 27.2 Å². The van der Waals surface area contributed by atoms with Gasteiger partial charge in [-0.3, -0.25) is 0 Å². The third-order valence-corrected chi connectivity index (χ3v) is 2.43. The molecule has 0 bridgehead atoms. The molecule has 0 spiro atoms. The quantitative estimate of drug-likeness (QED) is 0.811. The van der Waals surface area contributed by atoms with Crippen LogP contribution >= 0.6 is 11.6 Å². The van der Waals surface area contributed by atoms with Crippen molar-refractivity contribution < 1.29 is 4.74 Å². The zero-order chi connectivity index (χ0) is 12.2. The Morgan fingerprint density at radius 3 is 2.75 bits per heavy atom. The van der Waals surface area contributed by atoms with Gasteiger partial charge >= 0.3 is 0 Å². The molecule has 0 unspecified atom stereocenters. The van der Waals surface area contributed by atoms with Crippen molar-refractivity contribution in [3.8, 4) is 11.9 Å². The second-order valence-corrected chi connectivity index (χ2v) is 5.13. The van der Waals surface area contributed by atoms with Gasteiger partial charge in [0, 0.05) is 6.20 Å². The zero-order valence-corrected chi connectivity index (χ0v) is 10.5. The summed E-state index contributed by atoms with van der Waals surface area (Å²) < 4.78 is 5.46. The van der Waals surface area contributed by atoms with Crippen LogP contribution in [0.25, 0.3) is 0 Å². The molecule has 0 aliphatic heterocycles. The van der Waals surface area contributed by atoms with Crippen molar-refractivity contribution in [1.29, 1.82) is 5.26 Å². The zero-order valence-electron chi connectivity index (χ0n) is 9.75. The predicted octanol–water partition coefficient (Wildman–Crippen LogP) is 3.42. The van der Waals surface area contributed by atoms with E-state index in [1.54, 1.807) is 6.07 Å². The second kappa shape index (κ2) is 5.18. The summed E-state index contributed by atoms with van der Waals surface area (Å²) in [6.45, 7) is 6.95. The van der Waals surface area contributed by atoms with Crippen molar-refractivity contribution in [3.05, 3.63) is 22.8 Å². The number of halogens is 1. The fourth-order valence-electron chi connectivity index (χ4n) is 1.07. The first-order chi connectivity index (χ1) is 7.44. The van der Waals surface area contributed by atoms with E-state index in [-0.39, 0.29) is 5.41 Å². The molecule has 0 aromatic carbocycles.